The van der Waals surface area contributed by atoms with Crippen LogP contribution >= 0.6 is 0 Å². The third kappa shape index (κ3) is 16.9. The van der Waals surface area contributed by atoms with Crippen molar-refractivity contribution in [3.63, 3.8) is 0 Å². The molecular weight excluding hydrogens is 851 g/mol. The maximum atomic E-state index is 14.5. The van der Waals surface area contributed by atoms with Crippen molar-refractivity contribution < 1.29 is 43.0 Å². The summed E-state index contributed by atoms with van der Waals surface area (Å²) in [4.78, 5) is 95.5. The molecule has 0 saturated heterocycles. The van der Waals surface area contributed by atoms with Crippen molar-refractivity contribution in [2.45, 2.75) is 115 Å². The molecule has 4 bridgehead atoms. The molecule has 362 valence electrons. The Morgan fingerprint density at radius 2 is 1.47 bits per heavy atom. The fraction of sp³-hybridized carbons (Fsp3) is 0.565. The molecule has 20 nitrogen and oxygen atoms in total. The van der Waals surface area contributed by atoms with Crippen molar-refractivity contribution in [2.75, 3.05) is 53.0 Å². The van der Waals surface area contributed by atoms with Crippen molar-refractivity contribution in [3.8, 4) is 28.7 Å². The summed E-state index contributed by atoms with van der Waals surface area (Å²) >= 11 is 0. The minimum absolute atomic E-state index is 0.0146. The van der Waals surface area contributed by atoms with Gasteiger partial charge in [0.15, 0.2) is 0 Å². The Morgan fingerprint density at radius 1 is 0.833 bits per heavy atom. The number of likely N-dealkylation sites (N-methyl/N-ethyl adjacent to an activating group) is 1. The van der Waals surface area contributed by atoms with Gasteiger partial charge in [-0.05, 0) is 68.6 Å². The van der Waals surface area contributed by atoms with Crippen LogP contribution in [0, 0.1) is 11.3 Å². The largest absolute Gasteiger partial charge is 0.492 e. The van der Waals surface area contributed by atoms with E-state index in [1.165, 1.54) is 33.7 Å². The van der Waals surface area contributed by atoms with E-state index in [0.29, 0.717) is 34.6 Å². The maximum Gasteiger partial charge on any atom is 0.248 e. The van der Waals surface area contributed by atoms with Crippen LogP contribution in [0.2, 0.25) is 0 Å². The molecule has 0 saturated carbocycles. The molecule has 3 rings (SSSR count). The number of unbranched alkanes of at least 4 members (excludes halogenated alkanes) is 6. The van der Waals surface area contributed by atoms with Crippen LogP contribution in [-0.2, 0) is 40.0 Å². The number of nitrogens with zero attached hydrogens (tertiary/aromatic N) is 2. The van der Waals surface area contributed by atoms with Gasteiger partial charge in [0.25, 0.3) is 0 Å². The predicted molar refractivity (Wildman–Crippen MR) is 247 cm³/mol. The molecule has 1 heterocycles. The molecule has 0 fully saturated rings. The lowest BCUT2D eigenvalue weighted by Crippen LogP contribution is -2.56. The van der Waals surface area contributed by atoms with E-state index in [0.717, 1.165) is 30.6 Å². The van der Waals surface area contributed by atoms with E-state index in [1.807, 2.05) is 6.07 Å². The normalized spacial score (nSPS) is 16.7. The summed E-state index contributed by atoms with van der Waals surface area (Å²) in [5, 5.41) is 24.7. The van der Waals surface area contributed by atoms with Gasteiger partial charge in [0.1, 0.15) is 61.5 Å². The topological polar surface area (TPSA) is 315 Å². The predicted octanol–water partition coefficient (Wildman–Crippen LogP) is 0.309. The van der Waals surface area contributed by atoms with Crippen LogP contribution in [0.25, 0.3) is 11.1 Å². The number of hydrogen-bond acceptors (Lipinski definition) is 13. The molecule has 2 aromatic carbocycles. The molecule has 2 aromatic rings. The number of nitrogens with one attached hydrogen (secondary N) is 6. The molecule has 7 amide bonds. The Bertz CT molecular complexity index is 2010. The fourth-order valence-electron chi connectivity index (χ4n) is 7.32. The molecule has 20 heteroatoms. The first-order valence-electron chi connectivity index (χ1n) is 22.7. The highest BCUT2D eigenvalue weighted by molar-refractivity contribution is 5.97. The number of rotatable bonds is 25. The zero-order valence-electron chi connectivity index (χ0n) is 38.7. The monoisotopic (exact) mass is 920 g/mol. The second kappa shape index (κ2) is 28.6. The number of nitriles is 1. The Morgan fingerprint density at radius 3 is 2.11 bits per heavy atom. The summed E-state index contributed by atoms with van der Waals surface area (Å²) in [6.45, 7) is 4.78. The molecular formula is C46H69N11O9. The lowest BCUT2D eigenvalue weighted by Gasteiger charge is -2.32. The Labute approximate surface area is 387 Å². The van der Waals surface area contributed by atoms with Crippen LogP contribution in [-0.4, -0.2) is 123 Å². The van der Waals surface area contributed by atoms with Crippen molar-refractivity contribution in [2.24, 2.45) is 17.2 Å². The molecule has 0 spiro atoms. The van der Waals surface area contributed by atoms with Crippen LogP contribution < -0.4 is 58.6 Å². The molecule has 0 radical (unpaired) electrons. The standard InChI is InChI=1S/C46H69N11O9/c1-5-6-7-8-9-10-11-12-39(58)53-29(2)42(60)52-28-40(59)55-35(17-18-47)46(64)57(4)41-32-14-16-38(66-24-21-50)34(27-32)33-25-31(13-15-37(33)65-23-20-49)26-36(44(62)51-22-19-48)56-43(61)30(3)54-45(41)63/h13-16,25,27,29-30,35-36,41H,5-12,17-18,20-24,26,28,47,49-50H2,1-4H3,(H,51,62)(H,52,60)(H,53,58)(H,54,63)(H,55,59)(H,56,61)/t29-,30-,35-,36-,41-/m0/s1. The van der Waals surface area contributed by atoms with Crippen LogP contribution in [0.3, 0.4) is 0 Å². The van der Waals surface area contributed by atoms with Gasteiger partial charge in [-0.1, -0.05) is 57.6 Å². The van der Waals surface area contributed by atoms with E-state index < -0.39 is 72.2 Å². The molecule has 12 N–H and O–H groups in total. The zero-order valence-corrected chi connectivity index (χ0v) is 38.7. The van der Waals surface area contributed by atoms with E-state index in [-0.39, 0.29) is 70.1 Å². The number of nitrogens with two attached hydrogens (primary N) is 3. The van der Waals surface area contributed by atoms with Gasteiger partial charge in [-0.25, -0.2) is 0 Å². The molecule has 5 atom stereocenters. The van der Waals surface area contributed by atoms with Gasteiger partial charge in [-0.2, -0.15) is 5.26 Å². The van der Waals surface area contributed by atoms with Gasteiger partial charge in [-0.15, -0.1) is 0 Å². The van der Waals surface area contributed by atoms with E-state index >= 15 is 0 Å². The van der Waals surface area contributed by atoms with Crippen molar-refractivity contribution in [3.05, 3.63) is 47.5 Å². The van der Waals surface area contributed by atoms with Crippen LogP contribution in [0.1, 0.15) is 95.7 Å². The number of amides is 7. The summed E-state index contributed by atoms with van der Waals surface area (Å²) in [5.41, 5.74) is 19.3. The van der Waals surface area contributed by atoms with Gasteiger partial charge in [0.2, 0.25) is 41.4 Å². The van der Waals surface area contributed by atoms with Gasteiger partial charge in [0.05, 0.1) is 12.6 Å². The number of carbonyl (C=O) groups is 7. The highest BCUT2D eigenvalue weighted by Crippen LogP contribution is 2.40. The second-order valence-corrected chi connectivity index (χ2v) is 16.2. The van der Waals surface area contributed by atoms with Crippen LogP contribution in [0.4, 0.5) is 0 Å². The minimum Gasteiger partial charge on any atom is -0.492 e. The lowest BCUT2D eigenvalue weighted by atomic mass is 9.93. The molecule has 0 unspecified atom stereocenters. The molecule has 0 aromatic heterocycles. The van der Waals surface area contributed by atoms with E-state index in [4.69, 9.17) is 31.9 Å². The van der Waals surface area contributed by atoms with Gasteiger partial charge < -0.3 is 63.5 Å². The number of ether oxygens (including phenoxy) is 2. The smallest absolute Gasteiger partial charge is 0.248 e. The van der Waals surface area contributed by atoms with Crippen molar-refractivity contribution >= 4 is 41.4 Å². The quantitative estimate of drug-likeness (QED) is 0.0479. The number of hydrogen-bond donors (Lipinski definition) is 9. The van der Waals surface area contributed by atoms with Gasteiger partial charge >= 0.3 is 0 Å². The van der Waals surface area contributed by atoms with E-state index in [2.05, 4.69) is 38.8 Å². The highest BCUT2D eigenvalue weighted by atomic mass is 16.5. The Kier molecular flexibility index (Phi) is 23.4. The first-order valence-corrected chi connectivity index (χ1v) is 22.7. The number of fused-ring (bicyclic) bond motifs is 5. The van der Waals surface area contributed by atoms with Crippen molar-refractivity contribution in [1.29, 1.82) is 5.26 Å². The third-order valence-corrected chi connectivity index (χ3v) is 10.8. The number of benzene rings is 2. The van der Waals surface area contributed by atoms with Crippen LogP contribution in [0.15, 0.2) is 36.4 Å². The van der Waals surface area contributed by atoms with Crippen LogP contribution in [0.5, 0.6) is 11.5 Å². The first kappa shape index (κ1) is 54.0. The summed E-state index contributed by atoms with van der Waals surface area (Å²) in [5.74, 6) is -3.76. The van der Waals surface area contributed by atoms with E-state index in [9.17, 15) is 33.6 Å². The highest BCUT2D eigenvalue weighted by Gasteiger charge is 2.36. The van der Waals surface area contributed by atoms with Gasteiger partial charge in [0, 0.05) is 44.1 Å². The Hall–Kier alpha value is -6.30. The molecule has 66 heavy (non-hydrogen) atoms. The summed E-state index contributed by atoms with van der Waals surface area (Å²) in [6, 6.07) is 5.79. The zero-order chi connectivity index (χ0) is 48.6. The third-order valence-electron chi connectivity index (χ3n) is 10.8. The fourth-order valence-corrected chi connectivity index (χ4v) is 7.32. The maximum absolute atomic E-state index is 14.5. The van der Waals surface area contributed by atoms with E-state index in [1.54, 1.807) is 36.4 Å². The molecule has 0 aliphatic carbocycles. The molecule has 1 aliphatic rings. The molecule has 1 aliphatic heterocycles. The average molecular weight is 920 g/mol. The van der Waals surface area contributed by atoms with Crippen molar-refractivity contribution in [1.82, 2.24) is 36.8 Å². The lowest BCUT2D eigenvalue weighted by molar-refractivity contribution is -0.143. The Balaban J connectivity index is 1.95. The second-order valence-electron chi connectivity index (χ2n) is 16.2. The average Bonchev–Trinajstić information content (AvgIpc) is 3.30. The summed E-state index contributed by atoms with van der Waals surface area (Å²) in [7, 11) is 1.36. The number of carbonyl (C=O) groups excluding carboxylic acids is 7. The summed E-state index contributed by atoms with van der Waals surface area (Å²) < 4.78 is 12.1. The minimum atomic E-state index is -1.44. The first-order chi connectivity index (χ1) is 31.7. The SMILES string of the molecule is CCCCCCCCCC(=O)N[C@@H](C)C(=O)NCC(=O)N[C@@H](CCN)C(=O)N(C)[C@@H]1C(=O)N[C@@H](C)C(=O)N[C@H](C(=O)NCC#N)Cc2ccc(OCCN)c(c2)-c2cc1ccc2OCCN. The van der Waals surface area contributed by atoms with Gasteiger partial charge in [-0.3, -0.25) is 33.6 Å². The summed E-state index contributed by atoms with van der Waals surface area (Å²) in [6.07, 6.45) is 7.53.